The molecular weight excluding hydrogens is 558 g/mol. The van der Waals surface area contributed by atoms with Crippen LogP contribution in [0.1, 0.15) is 40.9 Å². The van der Waals surface area contributed by atoms with Crippen LogP contribution < -0.4 is 10.6 Å². The van der Waals surface area contributed by atoms with Gasteiger partial charge in [-0.15, -0.1) is 11.8 Å². The molecule has 4 aromatic carbocycles. The Kier molecular flexibility index (Phi) is 9.18. The molecule has 3 atom stereocenters. The number of hydrogen-bond donors (Lipinski definition) is 3. The summed E-state index contributed by atoms with van der Waals surface area (Å²) in [6, 6.07) is 28.6. The fourth-order valence-electron chi connectivity index (χ4n) is 5.62. The highest BCUT2D eigenvalue weighted by Crippen LogP contribution is 2.40. The molecule has 5 rings (SSSR count). The van der Waals surface area contributed by atoms with Gasteiger partial charge in [0.25, 0.3) is 11.8 Å². The lowest BCUT2D eigenvalue weighted by Crippen LogP contribution is -2.58. The van der Waals surface area contributed by atoms with Crippen LogP contribution >= 0.6 is 11.8 Å². The van der Waals surface area contributed by atoms with Crippen molar-refractivity contribution < 1.29 is 19.5 Å². The molecule has 222 valence electrons. The number of hydrogen-bond acceptors (Lipinski definition) is 5. The monoisotopic (exact) mass is 595 g/mol. The van der Waals surface area contributed by atoms with Crippen LogP contribution in [-0.2, 0) is 22.6 Å². The Morgan fingerprint density at radius 1 is 0.930 bits per heavy atom. The molecule has 4 aromatic rings. The van der Waals surface area contributed by atoms with E-state index in [2.05, 4.69) is 10.6 Å². The van der Waals surface area contributed by atoms with Gasteiger partial charge in [0.05, 0.1) is 11.9 Å². The minimum atomic E-state index is -1.57. The lowest BCUT2D eigenvalue weighted by Gasteiger charge is -2.33. The normalized spacial score (nSPS) is 17.3. The van der Waals surface area contributed by atoms with Gasteiger partial charge in [0.15, 0.2) is 6.10 Å². The Balaban J connectivity index is 1.38. The quantitative estimate of drug-likeness (QED) is 0.257. The van der Waals surface area contributed by atoms with Gasteiger partial charge in [-0.2, -0.15) is 0 Å². The fraction of sp³-hybridized carbons (Fsp3) is 0.286. The average Bonchev–Trinajstić information content (AvgIpc) is 3.34. The van der Waals surface area contributed by atoms with Crippen LogP contribution in [0.2, 0.25) is 0 Å². The highest BCUT2D eigenvalue weighted by atomic mass is 32.2. The molecule has 1 aliphatic heterocycles. The highest BCUT2D eigenvalue weighted by molar-refractivity contribution is 8.00. The molecule has 1 fully saturated rings. The zero-order chi connectivity index (χ0) is 30.6. The molecule has 0 unspecified atom stereocenters. The first-order valence-electron chi connectivity index (χ1n) is 14.4. The van der Waals surface area contributed by atoms with Crippen molar-refractivity contribution in [2.24, 2.45) is 0 Å². The second-order valence-corrected chi connectivity index (χ2v) is 13.1. The summed E-state index contributed by atoms with van der Waals surface area (Å²) in [6.45, 7) is 6.19. The summed E-state index contributed by atoms with van der Waals surface area (Å²) in [5.41, 5.74) is 3.39. The van der Waals surface area contributed by atoms with Gasteiger partial charge in [-0.25, -0.2) is 0 Å². The van der Waals surface area contributed by atoms with Crippen LogP contribution in [0.4, 0.5) is 0 Å². The Labute approximate surface area is 256 Å². The molecule has 1 saturated heterocycles. The van der Waals surface area contributed by atoms with Crippen molar-refractivity contribution in [3.05, 3.63) is 119 Å². The maximum atomic E-state index is 14.0. The summed E-state index contributed by atoms with van der Waals surface area (Å²) in [4.78, 5) is 42.6. The third-order valence-corrected chi connectivity index (χ3v) is 9.45. The first kappa shape index (κ1) is 30.3. The average molecular weight is 596 g/mol. The Morgan fingerprint density at radius 3 is 2.37 bits per heavy atom. The van der Waals surface area contributed by atoms with E-state index in [9.17, 15) is 19.5 Å². The Morgan fingerprint density at radius 2 is 1.60 bits per heavy atom. The topological polar surface area (TPSA) is 98.7 Å². The molecule has 8 heteroatoms. The van der Waals surface area contributed by atoms with Crippen molar-refractivity contribution in [1.29, 1.82) is 0 Å². The summed E-state index contributed by atoms with van der Waals surface area (Å²) >= 11 is 1.49. The van der Waals surface area contributed by atoms with Gasteiger partial charge in [0.2, 0.25) is 5.91 Å². The molecule has 0 aromatic heterocycles. The molecule has 7 nitrogen and oxygen atoms in total. The number of carbonyl (C=O) groups is 3. The zero-order valence-electron chi connectivity index (χ0n) is 24.6. The van der Waals surface area contributed by atoms with E-state index in [1.807, 2.05) is 112 Å². The van der Waals surface area contributed by atoms with E-state index in [4.69, 9.17) is 0 Å². The molecule has 0 aliphatic carbocycles. The van der Waals surface area contributed by atoms with E-state index >= 15 is 0 Å². The fourth-order valence-corrected chi connectivity index (χ4v) is 6.76. The van der Waals surface area contributed by atoms with Gasteiger partial charge in [0, 0.05) is 16.9 Å². The molecule has 0 radical (unpaired) electrons. The number of rotatable bonds is 9. The molecule has 0 saturated carbocycles. The second-order valence-electron chi connectivity index (χ2n) is 11.5. The third-order valence-electron chi connectivity index (χ3n) is 8.07. The third kappa shape index (κ3) is 6.76. The van der Waals surface area contributed by atoms with Gasteiger partial charge in [-0.05, 0) is 60.7 Å². The van der Waals surface area contributed by atoms with E-state index in [1.165, 1.54) is 16.7 Å². The van der Waals surface area contributed by atoms with E-state index in [-0.39, 0.29) is 24.1 Å². The summed E-state index contributed by atoms with van der Waals surface area (Å²) in [5, 5.41) is 19.2. The lowest BCUT2D eigenvalue weighted by molar-refractivity contribution is -0.147. The van der Waals surface area contributed by atoms with Crippen LogP contribution in [0.5, 0.6) is 0 Å². The number of benzene rings is 4. The van der Waals surface area contributed by atoms with Gasteiger partial charge < -0.3 is 20.6 Å². The van der Waals surface area contributed by atoms with Crippen molar-refractivity contribution in [2.75, 3.05) is 5.88 Å². The summed E-state index contributed by atoms with van der Waals surface area (Å²) < 4.78 is -0.577. The minimum absolute atomic E-state index is 0.235. The number of thioether (sulfide) groups is 1. The molecule has 3 N–H and O–H groups in total. The highest BCUT2D eigenvalue weighted by Gasteiger charge is 2.49. The first-order chi connectivity index (χ1) is 20.7. The number of nitrogens with one attached hydrogen (secondary N) is 2. The summed E-state index contributed by atoms with van der Waals surface area (Å²) in [5.74, 6) is -1.000. The molecule has 0 spiro atoms. The number of nitrogens with zero attached hydrogens (tertiary/aromatic N) is 1. The van der Waals surface area contributed by atoms with Crippen LogP contribution in [-0.4, -0.2) is 56.5 Å². The van der Waals surface area contributed by atoms with E-state index in [1.54, 1.807) is 6.07 Å². The van der Waals surface area contributed by atoms with Crippen LogP contribution in [0.15, 0.2) is 97.1 Å². The molecule has 1 heterocycles. The van der Waals surface area contributed by atoms with Gasteiger partial charge in [-0.3, -0.25) is 14.4 Å². The predicted octanol–water partition coefficient (Wildman–Crippen LogP) is 4.85. The number of aliphatic hydroxyl groups excluding tert-OH is 1. The maximum absolute atomic E-state index is 14.0. The molecule has 0 bridgehead atoms. The number of fused-ring (bicyclic) bond motifs is 1. The van der Waals surface area contributed by atoms with Crippen molar-refractivity contribution in [2.45, 2.75) is 56.7 Å². The number of aliphatic hydroxyl groups is 1. The largest absolute Gasteiger partial charge is 0.381 e. The van der Waals surface area contributed by atoms with Crippen LogP contribution in [0.3, 0.4) is 0 Å². The number of amides is 3. The van der Waals surface area contributed by atoms with Crippen molar-refractivity contribution >= 4 is 40.3 Å². The van der Waals surface area contributed by atoms with Crippen LogP contribution in [0.25, 0.3) is 10.8 Å². The molecule has 3 amide bonds. The smallest absolute Gasteiger partial charge is 0.254 e. The first-order valence-corrected chi connectivity index (χ1v) is 15.4. The maximum Gasteiger partial charge on any atom is 0.254 e. The van der Waals surface area contributed by atoms with Crippen molar-refractivity contribution in [1.82, 2.24) is 15.5 Å². The van der Waals surface area contributed by atoms with Gasteiger partial charge in [-0.1, -0.05) is 91.0 Å². The Hall–Kier alpha value is -4.14. The van der Waals surface area contributed by atoms with E-state index in [0.717, 1.165) is 27.5 Å². The van der Waals surface area contributed by atoms with Crippen molar-refractivity contribution in [3.63, 3.8) is 0 Å². The van der Waals surface area contributed by atoms with Crippen LogP contribution in [0, 0.1) is 6.92 Å². The van der Waals surface area contributed by atoms with E-state index in [0.29, 0.717) is 12.1 Å². The summed E-state index contributed by atoms with van der Waals surface area (Å²) in [7, 11) is 0. The SMILES string of the molecule is Cc1ccccc1CNC(=O)[C@H]1N(C(=O)[C@@H](O)[C@H](Cc2ccccc2)NC(=O)c2cccc3ccccc23)CSC1(C)C. The van der Waals surface area contributed by atoms with Gasteiger partial charge >= 0.3 is 0 Å². The Bertz CT molecular complexity index is 1620. The minimum Gasteiger partial charge on any atom is -0.381 e. The number of carbonyl (C=O) groups excluding carboxylic acids is 3. The van der Waals surface area contributed by atoms with Crippen molar-refractivity contribution in [3.8, 4) is 0 Å². The lowest BCUT2D eigenvalue weighted by atomic mass is 9.96. The molecule has 1 aliphatic rings. The number of aryl methyl sites for hydroxylation is 1. The van der Waals surface area contributed by atoms with E-state index < -0.39 is 28.8 Å². The van der Waals surface area contributed by atoms with Gasteiger partial charge in [0.1, 0.15) is 6.04 Å². The summed E-state index contributed by atoms with van der Waals surface area (Å²) in [6.07, 6.45) is -1.33. The molecular formula is C35H37N3O4S. The predicted molar refractivity (Wildman–Crippen MR) is 172 cm³/mol. The zero-order valence-corrected chi connectivity index (χ0v) is 25.4. The second kappa shape index (κ2) is 13.0. The molecule has 43 heavy (non-hydrogen) atoms. The standard InChI is InChI=1S/C35H37N3O4S/c1-23-12-7-8-16-26(23)21-36-33(41)31-35(2,3)43-22-38(31)34(42)30(39)29(20-24-13-5-4-6-14-24)37-32(40)28-19-11-17-25-15-9-10-18-27(25)28/h4-19,29-31,39H,20-22H2,1-3H3,(H,36,41)(H,37,40)/t29-,30-,31+/m0/s1.